The number of likely N-dealkylation sites (tertiary alicyclic amines) is 1. The molecule has 58 heavy (non-hydrogen) atoms. The zero-order valence-corrected chi connectivity index (χ0v) is 34.2. The maximum atomic E-state index is 13.6. The first-order valence-corrected chi connectivity index (χ1v) is 19.4. The lowest BCUT2D eigenvalue weighted by molar-refractivity contribution is -0.179. The van der Waals surface area contributed by atoms with E-state index in [1.54, 1.807) is 41.5 Å². The van der Waals surface area contributed by atoms with Gasteiger partial charge < -0.3 is 34.8 Å². The molecule has 0 bridgehead atoms. The number of hydrogen-bond acceptors (Lipinski definition) is 18. The van der Waals surface area contributed by atoms with Gasteiger partial charge in [-0.05, 0) is 62.3 Å². The summed E-state index contributed by atoms with van der Waals surface area (Å²) in [5, 5.41) is 33.0. The monoisotopic (exact) mass is 854 g/mol. The van der Waals surface area contributed by atoms with Crippen LogP contribution in [0.25, 0.3) is 11.5 Å². The highest BCUT2D eigenvalue weighted by Gasteiger charge is 2.44. The number of pyridine rings is 1. The van der Waals surface area contributed by atoms with Gasteiger partial charge in [0.1, 0.15) is 22.9 Å². The van der Waals surface area contributed by atoms with Crippen LogP contribution in [0.15, 0.2) is 32.4 Å². The molecule has 1 aliphatic heterocycles. The third-order valence-electron chi connectivity index (χ3n) is 7.16. The Morgan fingerprint density at radius 2 is 1.71 bits per heavy atom. The van der Waals surface area contributed by atoms with Crippen molar-refractivity contribution in [3.63, 3.8) is 0 Å². The van der Waals surface area contributed by atoms with Gasteiger partial charge in [0.15, 0.2) is 22.4 Å². The van der Waals surface area contributed by atoms with Crippen LogP contribution in [0, 0.1) is 0 Å². The van der Waals surface area contributed by atoms with Gasteiger partial charge in [-0.25, -0.2) is 28.9 Å². The molecule has 6 N–H and O–H groups in total. The van der Waals surface area contributed by atoms with E-state index in [9.17, 15) is 52.2 Å². The molecular formula is C32H42N10O14S2. The molecule has 1 aliphatic rings. The van der Waals surface area contributed by atoms with Gasteiger partial charge in [0, 0.05) is 17.6 Å². The molecule has 1 fully saturated rings. The lowest BCUT2D eigenvalue weighted by Crippen LogP contribution is -2.68. The molecule has 0 saturated carbocycles. The first-order valence-electron chi connectivity index (χ1n) is 17.0. The van der Waals surface area contributed by atoms with Crippen molar-refractivity contribution in [3.8, 4) is 17.3 Å². The summed E-state index contributed by atoms with van der Waals surface area (Å²) in [6.45, 7) is 12.6. The average molecular weight is 855 g/mol. The molecule has 24 nitrogen and oxygen atoms in total. The standard InChI is InChI=1S/C32H42N10O14S2/c1-15(43)12-40-22(16-10-19(44)20(45)11-33-16)37-42(29(40)51)58(52,53)39-27(49)41-13-17(24(41)47)34-23(46)21(38-56-32(8,9)25(48)54-30(2,3)4)18-14-57-26(35-18)36-28(50)55-31(5,6)7/h10-11,14-15,17,43,45H,12-13H2,1-9H3,(H,33,44)(H,34,46)(H,39,49)(H,35,36,50)/b38-21-/t15-,17-/m0/s1. The van der Waals surface area contributed by atoms with Crippen molar-refractivity contribution >= 4 is 62.3 Å². The second-order valence-electron chi connectivity index (χ2n) is 15.1. The number of aliphatic hydroxyl groups excluding tert-OH is 1. The van der Waals surface area contributed by atoms with Gasteiger partial charge in [0.25, 0.3) is 11.8 Å². The van der Waals surface area contributed by atoms with Crippen molar-refractivity contribution in [2.45, 2.75) is 97.8 Å². The number of oxime groups is 1. The summed E-state index contributed by atoms with van der Waals surface area (Å²) in [4.78, 5) is 102. The Labute approximate surface area is 333 Å². The van der Waals surface area contributed by atoms with Gasteiger partial charge in [-0.1, -0.05) is 9.24 Å². The highest BCUT2D eigenvalue weighted by atomic mass is 32.2. The summed E-state index contributed by atoms with van der Waals surface area (Å²) in [7, 11) is -5.20. The van der Waals surface area contributed by atoms with Gasteiger partial charge in [-0.3, -0.25) is 29.2 Å². The number of urea groups is 1. The zero-order chi connectivity index (χ0) is 43.7. The van der Waals surface area contributed by atoms with E-state index in [-0.39, 0.29) is 20.6 Å². The largest absolute Gasteiger partial charge is 0.503 e. The third-order valence-corrected chi connectivity index (χ3v) is 9.05. The Kier molecular flexibility index (Phi) is 12.6. The highest BCUT2D eigenvalue weighted by Crippen LogP contribution is 2.22. The van der Waals surface area contributed by atoms with Gasteiger partial charge >= 0.3 is 34.0 Å². The number of anilines is 1. The smallest absolute Gasteiger partial charge is 0.413 e. The maximum Gasteiger partial charge on any atom is 0.413 e. The fourth-order valence-corrected chi connectivity index (χ4v) is 6.13. The number of esters is 1. The molecule has 3 aromatic rings. The molecule has 0 spiro atoms. The lowest BCUT2D eigenvalue weighted by atomic mass is 10.1. The quantitative estimate of drug-likeness (QED) is 0.0603. The number of aromatic nitrogens is 5. The first kappa shape index (κ1) is 44.6. The number of nitrogens with one attached hydrogen (secondary N) is 4. The normalized spacial score (nSPS) is 15.6. The Morgan fingerprint density at radius 1 is 1.07 bits per heavy atom. The molecule has 0 aliphatic carbocycles. The Hall–Kier alpha value is -6.15. The van der Waals surface area contributed by atoms with Crippen LogP contribution in [-0.4, -0.2) is 118 Å². The summed E-state index contributed by atoms with van der Waals surface area (Å²) < 4.78 is 39.1. The fourth-order valence-electron chi connectivity index (χ4n) is 4.54. The number of hydrogen-bond donors (Lipinski definition) is 6. The van der Waals surface area contributed by atoms with Gasteiger partial charge in [-0.15, -0.1) is 16.4 Å². The van der Waals surface area contributed by atoms with Crippen LogP contribution in [-0.2, 0) is 45.4 Å². The Balaban J connectivity index is 1.53. The van der Waals surface area contributed by atoms with Crippen molar-refractivity contribution in [2.24, 2.45) is 5.16 Å². The SMILES string of the molecule is C[C@H](O)Cn1c(-c2cc(=O)c(O)c[nH]2)nn(S(=O)(=O)NC(=O)N2C[C@H](NC(=O)/C(=N\OC(C)(C)C(=O)OC(C)(C)C)c3csc(NC(=O)OC(C)(C)C)n3)C2=O)c1=O. The van der Waals surface area contributed by atoms with Crippen molar-refractivity contribution in [1.29, 1.82) is 0 Å². The minimum atomic E-state index is -5.20. The van der Waals surface area contributed by atoms with Crippen molar-refractivity contribution < 1.29 is 56.9 Å². The van der Waals surface area contributed by atoms with Crippen molar-refractivity contribution in [3.05, 3.63) is 44.0 Å². The molecule has 26 heteroatoms. The van der Waals surface area contributed by atoms with E-state index in [1.165, 1.54) is 30.9 Å². The van der Waals surface area contributed by atoms with Crippen molar-refractivity contribution in [2.75, 3.05) is 11.9 Å². The van der Waals surface area contributed by atoms with Crippen LogP contribution in [0.4, 0.5) is 14.7 Å². The van der Waals surface area contributed by atoms with Gasteiger partial charge in [0.05, 0.1) is 24.9 Å². The van der Waals surface area contributed by atoms with Gasteiger partial charge in [0.2, 0.25) is 11.0 Å². The molecule has 0 aromatic carbocycles. The molecule has 4 rings (SSSR count). The Morgan fingerprint density at radius 3 is 2.28 bits per heavy atom. The molecule has 0 radical (unpaired) electrons. The third kappa shape index (κ3) is 10.8. The van der Waals surface area contributed by atoms with Crippen LogP contribution in [0.1, 0.15) is 68.0 Å². The number of β-lactam (4-membered cyclic amide) rings is 1. The summed E-state index contributed by atoms with van der Waals surface area (Å²) in [6, 6.07) is -2.16. The van der Waals surface area contributed by atoms with E-state index in [4.69, 9.17) is 14.3 Å². The molecular weight excluding hydrogens is 813 g/mol. The first-order chi connectivity index (χ1) is 26.6. The number of H-pyrrole nitrogens is 1. The van der Waals surface area contributed by atoms with Crippen LogP contribution in [0.2, 0.25) is 0 Å². The zero-order valence-electron chi connectivity index (χ0n) is 32.6. The molecule has 1 saturated heterocycles. The summed E-state index contributed by atoms with van der Waals surface area (Å²) in [5.74, 6) is -4.20. The predicted octanol–water partition coefficient (Wildman–Crippen LogP) is -0.0393. The summed E-state index contributed by atoms with van der Waals surface area (Å²) >= 11 is 0.865. The van der Waals surface area contributed by atoms with E-state index in [1.807, 2.05) is 0 Å². The number of nitrogens with zero attached hydrogens (tertiary/aromatic N) is 6. The van der Waals surface area contributed by atoms with Crippen LogP contribution < -0.4 is 26.5 Å². The van der Waals surface area contributed by atoms with Crippen LogP contribution >= 0.6 is 11.3 Å². The molecule has 2 atom stereocenters. The minimum absolute atomic E-state index is 0.0294. The number of aromatic hydroxyl groups is 1. The van der Waals surface area contributed by atoms with Crippen LogP contribution in [0.3, 0.4) is 0 Å². The lowest BCUT2D eigenvalue weighted by Gasteiger charge is -2.36. The number of aliphatic hydroxyl groups is 1. The predicted molar refractivity (Wildman–Crippen MR) is 202 cm³/mol. The number of ether oxygens (including phenoxy) is 2. The molecule has 3 aromatic heterocycles. The van der Waals surface area contributed by atoms with Crippen LogP contribution in [0.5, 0.6) is 5.75 Å². The highest BCUT2D eigenvalue weighted by molar-refractivity contribution is 7.88. The number of carbonyl (C=O) groups excluding carboxylic acids is 5. The van der Waals surface area contributed by atoms with Crippen molar-refractivity contribution in [1.82, 2.24) is 38.7 Å². The summed E-state index contributed by atoms with van der Waals surface area (Å²) in [5.41, 5.74) is -6.78. The number of aromatic amines is 1. The number of rotatable bonds is 12. The van der Waals surface area contributed by atoms with Gasteiger partial charge in [-0.2, -0.15) is 8.42 Å². The molecule has 316 valence electrons. The van der Waals surface area contributed by atoms with E-state index in [0.717, 1.165) is 23.6 Å². The van der Waals surface area contributed by atoms with E-state index in [2.05, 4.69) is 30.9 Å². The van der Waals surface area contributed by atoms with E-state index < -0.39 is 111 Å². The summed E-state index contributed by atoms with van der Waals surface area (Å²) in [6.07, 6.45) is -1.22. The number of thiazole rings is 1. The number of carbonyl (C=O) groups is 5. The number of amides is 5. The fraction of sp³-hybridized carbons (Fsp3) is 0.500. The Bertz CT molecular complexity index is 2380. The van der Waals surface area contributed by atoms with E-state index in [0.29, 0.717) is 9.47 Å². The second-order valence-corrected chi connectivity index (χ2v) is 17.5. The maximum absolute atomic E-state index is 13.6. The second kappa shape index (κ2) is 16.4. The molecule has 0 unspecified atom stereocenters. The minimum Gasteiger partial charge on any atom is -0.503 e. The topological polar surface area (TPSA) is 325 Å². The average Bonchev–Trinajstić information content (AvgIpc) is 3.65. The number of imide groups is 1. The molecule has 5 amide bonds. The molecule has 4 heterocycles. The van der Waals surface area contributed by atoms with E-state index >= 15 is 0 Å².